The van der Waals surface area contributed by atoms with Crippen LogP contribution in [0.1, 0.15) is 18.1 Å². The first-order chi connectivity index (χ1) is 19.2. The number of thioether (sulfide) groups is 1. The fourth-order valence-electron chi connectivity index (χ4n) is 3.68. The van der Waals surface area contributed by atoms with Crippen LogP contribution in [-0.2, 0) is 16.2 Å². The van der Waals surface area contributed by atoms with Crippen molar-refractivity contribution in [1.82, 2.24) is 4.90 Å². The molecule has 0 aliphatic carbocycles. The smallest absolute Gasteiger partial charge is 0.294 e. The standard InChI is InChI=1S/C27H21F2N3O7S/c1-2-38-23-11-16(7-10-22(23)39-15-17-5-3-4-6-21(17)32(36)37)12-24-26(34)31(27(35)40-24)14-25(33)30-20-9-8-18(28)13-19(20)29/h3-13H,2,14-15H2,1H3,(H,30,33)/b24-12+. The number of nitro groups is 1. The maximum atomic E-state index is 13.8. The van der Waals surface area contributed by atoms with Crippen molar-refractivity contribution < 1.29 is 37.6 Å². The van der Waals surface area contributed by atoms with Crippen molar-refractivity contribution >= 4 is 46.3 Å². The number of nitrogens with one attached hydrogen (secondary N) is 1. The van der Waals surface area contributed by atoms with Gasteiger partial charge in [0.1, 0.15) is 24.8 Å². The number of carbonyl (C=O) groups is 3. The van der Waals surface area contributed by atoms with Gasteiger partial charge < -0.3 is 14.8 Å². The quantitative estimate of drug-likeness (QED) is 0.192. The van der Waals surface area contributed by atoms with E-state index in [1.807, 2.05) is 0 Å². The molecule has 206 valence electrons. The Hall–Kier alpha value is -4.78. The molecule has 13 heteroatoms. The summed E-state index contributed by atoms with van der Waals surface area (Å²) in [7, 11) is 0. The van der Waals surface area contributed by atoms with E-state index in [4.69, 9.17) is 9.47 Å². The molecule has 3 amide bonds. The summed E-state index contributed by atoms with van der Waals surface area (Å²) in [6.45, 7) is 1.29. The topological polar surface area (TPSA) is 128 Å². The SMILES string of the molecule is CCOc1cc(/C=C2/SC(=O)N(CC(=O)Nc3ccc(F)cc3F)C2=O)ccc1OCc1ccccc1[N+](=O)[O-]. The van der Waals surface area contributed by atoms with E-state index in [-0.39, 0.29) is 29.5 Å². The Labute approximate surface area is 230 Å². The van der Waals surface area contributed by atoms with Crippen LogP contribution >= 0.6 is 11.8 Å². The van der Waals surface area contributed by atoms with Crippen LogP contribution in [0.4, 0.5) is 25.0 Å². The average molecular weight is 570 g/mol. The molecule has 1 fully saturated rings. The Morgan fingerprint density at radius 1 is 1.07 bits per heavy atom. The molecule has 0 atom stereocenters. The highest BCUT2D eigenvalue weighted by Crippen LogP contribution is 2.35. The number of hydrogen-bond donors (Lipinski definition) is 1. The Balaban J connectivity index is 1.46. The Morgan fingerprint density at radius 2 is 1.85 bits per heavy atom. The highest BCUT2D eigenvalue weighted by atomic mass is 32.2. The van der Waals surface area contributed by atoms with Crippen LogP contribution in [0.3, 0.4) is 0 Å². The monoisotopic (exact) mass is 569 g/mol. The van der Waals surface area contributed by atoms with E-state index in [9.17, 15) is 33.3 Å². The summed E-state index contributed by atoms with van der Waals surface area (Å²) < 4.78 is 38.3. The summed E-state index contributed by atoms with van der Waals surface area (Å²) in [5, 5.41) is 12.8. The molecule has 0 bridgehead atoms. The van der Waals surface area contributed by atoms with Crippen LogP contribution in [0.15, 0.2) is 65.6 Å². The van der Waals surface area contributed by atoms with Crippen LogP contribution in [0.5, 0.6) is 11.5 Å². The molecular weight excluding hydrogens is 548 g/mol. The van der Waals surface area contributed by atoms with Gasteiger partial charge in [0.15, 0.2) is 11.5 Å². The number of carbonyl (C=O) groups excluding carboxylic acids is 3. The van der Waals surface area contributed by atoms with Gasteiger partial charge in [0.2, 0.25) is 5.91 Å². The van der Waals surface area contributed by atoms with Crippen molar-refractivity contribution in [3.8, 4) is 11.5 Å². The second kappa shape index (κ2) is 12.4. The summed E-state index contributed by atoms with van der Waals surface area (Å²) in [6, 6.07) is 13.5. The third-order valence-electron chi connectivity index (χ3n) is 5.52. The largest absolute Gasteiger partial charge is 0.490 e. The van der Waals surface area contributed by atoms with Gasteiger partial charge in [-0.15, -0.1) is 0 Å². The van der Waals surface area contributed by atoms with Crippen molar-refractivity contribution in [2.75, 3.05) is 18.5 Å². The summed E-state index contributed by atoms with van der Waals surface area (Å²) in [6.07, 6.45) is 1.44. The van der Waals surface area contributed by atoms with Crippen molar-refractivity contribution in [3.05, 3.63) is 98.4 Å². The molecule has 3 aromatic carbocycles. The Morgan fingerprint density at radius 3 is 2.58 bits per heavy atom. The van der Waals surface area contributed by atoms with E-state index in [1.54, 1.807) is 43.3 Å². The number of rotatable bonds is 10. The first-order valence-corrected chi connectivity index (χ1v) is 12.6. The molecule has 0 radical (unpaired) electrons. The fraction of sp³-hybridized carbons (Fsp3) is 0.148. The number of hydrogen-bond acceptors (Lipinski definition) is 8. The van der Waals surface area contributed by atoms with Crippen molar-refractivity contribution in [2.24, 2.45) is 0 Å². The Kier molecular flexibility index (Phi) is 8.74. The molecule has 10 nitrogen and oxygen atoms in total. The zero-order valence-corrected chi connectivity index (χ0v) is 21.7. The summed E-state index contributed by atoms with van der Waals surface area (Å²) >= 11 is 0.624. The number of imide groups is 1. The number of anilines is 1. The van der Waals surface area contributed by atoms with Crippen LogP contribution in [0.25, 0.3) is 6.08 Å². The number of para-hydroxylation sites is 1. The molecule has 0 unspecified atom stereocenters. The van der Waals surface area contributed by atoms with Gasteiger partial charge in [-0.2, -0.15) is 0 Å². The average Bonchev–Trinajstić information content (AvgIpc) is 3.17. The van der Waals surface area contributed by atoms with Crippen LogP contribution in [-0.4, -0.2) is 40.0 Å². The van der Waals surface area contributed by atoms with Gasteiger partial charge in [0.05, 0.1) is 27.7 Å². The second-order valence-corrected chi connectivity index (χ2v) is 9.25. The molecule has 1 heterocycles. The molecule has 1 aliphatic rings. The summed E-state index contributed by atoms with van der Waals surface area (Å²) in [5.74, 6) is -2.75. The van der Waals surface area contributed by atoms with E-state index in [0.717, 1.165) is 12.1 Å². The molecule has 0 aromatic heterocycles. The summed E-state index contributed by atoms with van der Waals surface area (Å²) in [5.41, 5.74) is 0.495. The number of benzene rings is 3. The van der Waals surface area contributed by atoms with E-state index in [0.29, 0.717) is 45.4 Å². The van der Waals surface area contributed by atoms with Crippen LogP contribution in [0, 0.1) is 21.7 Å². The molecule has 1 saturated heterocycles. The first-order valence-electron chi connectivity index (χ1n) is 11.8. The lowest BCUT2D eigenvalue weighted by atomic mass is 10.1. The van der Waals surface area contributed by atoms with Crippen molar-refractivity contribution in [2.45, 2.75) is 13.5 Å². The molecule has 1 aliphatic heterocycles. The van der Waals surface area contributed by atoms with Crippen molar-refractivity contribution in [1.29, 1.82) is 0 Å². The third-order valence-corrected chi connectivity index (χ3v) is 6.42. The number of nitro benzene ring substituents is 1. The molecular formula is C27H21F2N3O7S. The highest BCUT2D eigenvalue weighted by Gasteiger charge is 2.36. The highest BCUT2D eigenvalue weighted by molar-refractivity contribution is 8.18. The van der Waals surface area contributed by atoms with Gasteiger partial charge in [0, 0.05) is 12.1 Å². The predicted octanol–water partition coefficient (Wildman–Crippen LogP) is 5.53. The number of amides is 3. The van der Waals surface area contributed by atoms with Gasteiger partial charge in [-0.05, 0) is 60.7 Å². The molecule has 0 spiro atoms. The minimum absolute atomic E-state index is 0.0433. The van der Waals surface area contributed by atoms with E-state index in [1.165, 1.54) is 12.1 Å². The lowest BCUT2D eigenvalue weighted by Crippen LogP contribution is -2.36. The zero-order valence-electron chi connectivity index (χ0n) is 20.9. The van der Waals surface area contributed by atoms with Crippen molar-refractivity contribution in [3.63, 3.8) is 0 Å². The minimum Gasteiger partial charge on any atom is -0.490 e. The second-order valence-electron chi connectivity index (χ2n) is 8.25. The molecule has 4 rings (SSSR count). The lowest BCUT2D eigenvalue weighted by Gasteiger charge is -2.13. The normalized spacial score (nSPS) is 14.0. The van der Waals surface area contributed by atoms with Crippen LogP contribution in [0.2, 0.25) is 0 Å². The van der Waals surface area contributed by atoms with E-state index in [2.05, 4.69) is 5.32 Å². The summed E-state index contributed by atoms with van der Waals surface area (Å²) in [4.78, 5) is 49.1. The number of ether oxygens (including phenoxy) is 2. The molecule has 40 heavy (non-hydrogen) atoms. The molecule has 0 saturated carbocycles. The van der Waals surface area contributed by atoms with Gasteiger partial charge in [-0.25, -0.2) is 8.78 Å². The minimum atomic E-state index is -0.998. The number of halogens is 2. The fourth-order valence-corrected chi connectivity index (χ4v) is 4.52. The lowest BCUT2D eigenvalue weighted by molar-refractivity contribution is -0.385. The maximum Gasteiger partial charge on any atom is 0.294 e. The van der Waals surface area contributed by atoms with Gasteiger partial charge in [-0.3, -0.25) is 29.4 Å². The molecule has 1 N–H and O–H groups in total. The number of nitrogens with zero attached hydrogens (tertiary/aromatic N) is 2. The molecule has 3 aromatic rings. The van der Waals surface area contributed by atoms with E-state index < -0.39 is 40.2 Å². The maximum absolute atomic E-state index is 13.8. The third kappa shape index (κ3) is 6.61. The first kappa shape index (κ1) is 28.2. The predicted molar refractivity (Wildman–Crippen MR) is 143 cm³/mol. The van der Waals surface area contributed by atoms with E-state index >= 15 is 0 Å². The van der Waals surface area contributed by atoms with Gasteiger partial charge in [-0.1, -0.05) is 18.2 Å². The van der Waals surface area contributed by atoms with Gasteiger partial charge >= 0.3 is 0 Å². The van der Waals surface area contributed by atoms with Crippen LogP contribution < -0.4 is 14.8 Å². The Bertz CT molecular complexity index is 1530. The van der Waals surface area contributed by atoms with Gasteiger partial charge in [0.25, 0.3) is 16.8 Å². The zero-order chi connectivity index (χ0) is 28.8.